The Morgan fingerprint density at radius 1 is 0.966 bits per heavy atom. The summed E-state index contributed by atoms with van der Waals surface area (Å²) in [5.41, 5.74) is 2.72. The molecule has 0 spiro atoms. The normalized spacial score (nSPS) is 10.8. The van der Waals surface area contributed by atoms with Crippen LogP contribution in [0.3, 0.4) is 0 Å². The smallest absolute Gasteiger partial charge is 0.243 e. The molecule has 8 heteroatoms. The lowest BCUT2D eigenvalue weighted by Gasteiger charge is -2.13. The zero-order chi connectivity index (χ0) is 21.1. The Balaban J connectivity index is 1.64. The van der Waals surface area contributed by atoms with Crippen molar-refractivity contribution in [3.8, 4) is 0 Å². The molecular formula is C21H18F3N3O2. The Kier molecular flexibility index (Phi) is 5.81. The van der Waals surface area contributed by atoms with Gasteiger partial charge in [-0.15, -0.1) is 0 Å². The van der Waals surface area contributed by atoms with Crippen LogP contribution in [0.15, 0.2) is 36.4 Å². The molecule has 29 heavy (non-hydrogen) atoms. The highest BCUT2D eigenvalue weighted by Crippen LogP contribution is 2.23. The van der Waals surface area contributed by atoms with Gasteiger partial charge in [0, 0.05) is 11.1 Å². The standard InChI is InChI=1S/C21H18F3N3O2/c1-11-13-5-3-4-6-16(13)26-12(2)14(11)9-18(28)25-10-19(29)27-17-8-7-15(22)20(23)21(17)24/h3-8H,9-10H2,1-2H3,(H,25,28)(H,27,29). The van der Waals surface area contributed by atoms with Crippen molar-refractivity contribution in [1.29, 1.82) is 0 Å². The monoisotopic (exact) mass is 401 g/mol. The first-order valence-electron chi connectivity index (χ1n) is 8.82. The quantitative estimate of drug-likeness (QED) is 0.642. The van der Waals surface area contributed by atoms with Gasteiger partial charge in [0.25, 0.3) is 0 Å². The van der Waals surface area contributed by atoms with Gasteiger partial charge in [0.15, 0.2) is 17.5 Å². The third kappa shape index (κ3) is 4.37. The maximum Gasteiger partial charge on any atom is 0.243 e. The van der Waals surface area contributed by atoms with Gasteiger partial charge < -0.3 is 10.6 Å². The number of aryl methyl sites for hydroxylation is 2. The number of anilines is 1. The molecule has 0 unspecified atom stereocenters. The Labute approximate surface area is 164 Å². The molecule has 0 bridgehead atoms. The molecule has 0 atom stereocenters. The van der Waals surface area contributed by atoms with Crippen LogP contribution < -0.4 is 10.6 Å². The van der Waals surface area contributed by atoms with E-state index in [0.29, 0.717) is 11.8 Å². The van der Waals surface area contributed by atoms with E-state index in [1.54, 1.807) is 6.92 Å². The molecule has 2 N–H and O–H groups in total. The second kappa shape index (κ2) is 8.30. The van der Waals surface area contributed by atoms with Gasteiger partial charge in [-0.1, -0.05) is 18.2 Å². The molecule has 0 radical (unpaired) electrons. The first-order valence-corrected chi connectivity index (χ1v) is 8.82. The van der Waals surface area contributed by atoms with Crippen LogP contribution in [-0.4, -0.2) is 23.3 Å². The summed E-state index contributed by atoms with van der Waals surface area (Å²) in [4.78, 5) is 28.7. The summed E-state index contributed by atoms with van der Waals surface area (Å²) >= 11 is 0. The van der Waals surface area contributed by atoms with Crippen LogP contribution in [0, 0.1) is 31.3 Å². The maximum atomic E-state index is 13.6. The van der Waals surface area contributed by atoms with Crippen LogP contribution in [-0.2, 0) is 16.0 Å². The van der Waals surface area contributed by atoms with Crippen molar-refractivity contribution in [2.45, 2.75) is 20.3 Å². The van der Waals surface area contributed by atoms with E-state index in [0.717, 1.165) is 28.1 Å². The summed E-state index contributed by atoms with van der Waals surface area (Å²) in [6.45, 7) is 3.26. The van der Waals surface area contributed by atoms with Gasteiger partial charge in [0.1, 0.15) is 0 Å². The molecule has 0 saturated heterocycles. The van der Waals surface area contributed by atoms with Gasteiger partial charge in [0.05, 0.1) is 24.2 Å². The van der Waals surface area contributed by atoms with Crippen LogP contribution >= 0.6 is 0 Å². The van der Waals surface area contributed by atoms with Gasteiger partial charge in [-0.25, -0.2) is 13.2 Å². The fraction of sp³-hybridized carbons (Fsp3) is 0.190. The van der Waals surface area contributed by atoms with Crippen LogP contribution in [0.2, 0.25) is 0 Å². The van der Waals surface area contributed by atoms with Crippen LogP contribution in [0.25, 0.3) is 10.9 Å². The molecule has 3 aromatic rings. The summed E-state index contributed by atoms with van der Waals surface area (Å²) in [5.74, 6) is -5.73. The zero-order valence-corrected chi connectivity index (χ0v) is 15.8. The van der Waals surface area contributed by atoms with E-state index < -0.39 is 41.5 Å². The Bertz CT molecular complexity index is 1120. The van der Waals surface area contributed by atoms with Crippen molar-refractivity contribution in [2.75, 3.05) is 11.9 Å². The van der Waals surface area contributed by atoms with Gasteiger partial charge in [0.2, 0.25) is 11.8 Å². The van der Waals surface area contributed by atoms with E-state index in [1.807, 2.05) is 31.2 Å². The predicted octanol–water partition coefficient (Wildman–Crippen LogP) is 3.57. The number of rotatable bonds is 5. The van der Waals surface area contributed by atoms with E-state index in [9.17, 15) is 22.8 Å². The molecule has 0 aliphatic carbocycles. The summed E-state index contributed by atoms with van der Waals surface area (Å²) in [5, 5.41) is 5.46. The fourth-order valence-electron chi connectivity index (χ4n) is 3.05. The summed E-state index contributed by atoms with van der Waals surface area (Å²) in [7, 11) is 0. The predicted molar refractivity (Wildman–Crippen MR) is 103 cm³/mol. The fourth-order valence-corrected chi connectivity index (χ4v) is 3.05. The number of hydrogen-bond acceptors (Lipinski definition) is 3. The van der Waals surface area contributed by atoms with Crippen LogP contribution in [0.1, 0.15) is 16.8 Å². The second-order valence-electron chi connectivity index (χ2n) is 6.54. The number of carbonyl (C=O) groups excluding carboxylic acids is 2. The SMILES string of the molecule is Cc1nc2ccccc2c(C)c1CC(=O)NCC(=O)Nc1ccc(F)c(F)c1F. The molecule has 0 saturated carbocycles. The first-order chi connectivity index (χ1) is 13.8. The lowest BCUT2D eigenvalue weighted by Crippen LogP contribution is -2.34. The van der Waals surface area contributed by atoms with Crippen molar-refractivity contribution < 1.29 is 22.8 Å². The number of benzene rings is 2. The second-order valence-corrected chi connectivity index (χ2v) is 6.54. The topological polar surface area (TPSA) is 71.1 Å². The third-order valence-corrected chi connectivity index (χ3v) is 4.58. The van der Waals surface area contributed by atoms with Gasteiger partial charge in [-0.05, 0) is 43.2 Å². The summed E-state index contributed by atoms with van der Waals surface area (Å²) in [6.07, 6.45) is 0.0162. The average Bonchev–Trinajstić information content (AvgIpc) is 2.70. The summed E-state index contributed by atoms with van der Waals surface area (Å²) in [6, 6.07) is 9.18. The molecular weight excluding hydrogens is 383 g/mol. The molecule has 3 rings (SSSR count). The van der Waals surface area contributed by atoms with Crippen molar-refractivity contribution in [1.82, 2.24) is 10.3 Å². The molecule has 2 aromatic carbocycles. The molecule has 0 aliphatic heterocycles. The number of hydrogen-bond donors (Lipinski definition) is 2. The molecule has 0 fully saturated rings. The van der Waals surface area contributed by atoms with Crippen LogP contribution in [0.5, 0.6) is 0 Å². The maximum absolute atomic E-state index is 13.6. The lowest BCUT2D eigenvalue weighted by atomic mass is 9.99. The van der Waals surface area contributed by atoms with Gasteiger partial charge in [-0.3, -0.25) is 14.6 Å². The van der Waals surface area contributed by atoms with E-state index in [4.69, 9.17) is 0 Å². The number of nitrogens with one attached hydrogen (secondary N) is 2. The van der Waals surface area contributed by atoms with Crippen molar-refractivity contribution in [2.24, 2.45) is 0 Å². The summed E-state index contributed by atoms with van der Waals surface area (Å²) < 4.78 is 39.7. The molecule has 1 heterocycles. The Morgan fingerprint density at radius 2 is 1.69 bits per heavy atom. The van der Waals surface area contributed by atoms with Crippen LogP contribution in [0.4, 0.5) is 18.9 Å². The van der Waals surface area contributed by atoms with E-state index in [2.05, 4.69) is 15.6 Å². The Morgan fingerprint density at radius 3 is 2.45 bits per heavy atom. The highest BCUT2D eigenvalue weighted by molar-refractivity contribution is 5.95. The minimum absolute atomic E-state index is 0.0162. The lowest BCUT2D eigenvalue weighted by molar-refractivity contribution is -0.123. The number of pyridine rings is 1. The van der Waals surface area contributed by atoms with E-state index >= 15 is 0 Å². The van der Waals surface area contributed by atoms with Crippen molar-refractivity contribution in [3.63, 3.8) is 0 Å². The molecule has 0 aliphatic rings. The minimum Gasteiger partial charge on any atom is -0.347 e. The van der Waals surface area contributed by atoms with E-state index in [-0.39, 0.29) is 6.42 Å². The van der Waals surface area contributed by atoms with E-state index in [1.165, 1.54) is 0 Å². The largest absolute Gasteiger partial charge is 0.347 e. The van der Waals surface area contributed by atoms with Crippen molar-refractivity contribution in [3.05, 3.63) is 70.7 Å². The van der Waals surface area contributed by atoms with Gasteiger partial charge in [-0.2, -0.15) is 0 Å². The minimum atomic E-state index is -1.68. The number of aromatic nitrogens is 1. The number of nitrogens with zero attached hydrogens (tertiary/aromatic N) is 1. The molecule has 1 aromatic heterocycles. The van der Waals surface area contributed by atoms with Gasteiger partial charge >= 0.3 is 0 Å². The zero-order valence-electron chi connectivity index (χ0n) is 15.8. The first kappa shape index (κ1) is 20.3. The number of carbonyl (C=O) groups is 2. The molecule has 2 amide bonds. The highest BCUT2D eigenvalue weighted by atomic mass is 19.2. The molecule has 5 nitrogen and oxygen atoms in total. The number of para-hydroxylation sites is 1. The Hall–Kier alpha value is -3.42. The van der Waals surface area contributed by atoms with Crippen molar-refractivity contribution >= 4 is 28.4 Å². The highest BCUT2D eigenvalue weighted by Gasteiger charge is 2.17. The number of halogens is 3. The third-order valence-electron chi connectivity index (χ3n) is 4.58. The number of fused-ring (bicyclic) bond motifs is 1. The number of amides is 2. The molecule has 150 valence electrons. The average molecular weight is 401 g/mol.